The molecule has 1 saturated heterocycles. The van der Waals surface area contributed by atoms with E-state index in [-0.39, 0.29) is 22.3 Å². The second-order valence-corrected chi connectivity index (χ2v) is 6.17. The van der Waals surface area contributed by atoms with Crippen molar-refractivity contribution in [3.8, 4) is 0 Å². The van der Waals surface area contributed by atoms with Crippen molar-refractivity contribution in [2.24, 2.45) is 5.92 Å². The van der Waals surface area contributed by atoms with Gasteiger partial charge in [-0.15, -0.1) is 0 Å². The van der Waals surface area contributed by atoms with E-state index in [1.165, 1.54) is 0 Å². The van der Waals surface area contributed by atoms with Crippen LogP contribution in [0.4, 0.5) is 5.69 Å². The predicted molar refractivity (Wildman–Crippen MR) is 91.9 cm³/mol. The van der Waals surface area contributed by atoms with Gasteiger partial charge in [0.1, 0.15) is 0 Å². The summed E-state index contributed by atoms with van der Waals surface area (Å²) in [4.78, 5) is 25.5. The number of nitro benzene ring substituents is 1. The zero-order chi connectivity index (χ0) is 16.9. The highest BCUT2D eigenvalue weighted by Gasteiger charge is 2.26. The van der Waals surface area contributed by atoms with E-state index >= 15 is 0 Å². The fraction of sp³-hybridized carbons (Fsp3) is 0.316. The van der Waals surface area contributed by atoms with Gasteiger partial charge in [-0.1, -0.05) is 48.5 Å². The van der Waals surface area contributed by atoms with Gasteiger partial charge in [-0.2, -0.15) is 0 Å². The van der Waals surface area contributed by atoms with Crippen molar-refractivity contribution in [2.45, 2.75) is 19.4 Å². The Balaban J connectivity index is 1.60. The standard InChI is InChI=1S/C19H20N2O3/c22-19(15-6-2-1-3-7-15)16-10-12-20(13-11-16)14-17-8-4-5-9-18(17)21(23)24/h1-9,16H,10-14H2. The third kappa shape index (κ3) is 3.68. The van der Waals surface area contributed by atoms with E-state index < -0.39 is 0 Å². The molecule has 0 atom stereocenters. The molecule has 1 aliphatic heterocycles. The first-order valence-corrected chi connectivity index (χ1v) is 8.19. The lowest BCUT2D eigenvalue weighted by Gasteiger charge is -2.31. The molecule has 0 bridgehead atoms. The number of nitro groups is 1. The Morgan fingerprint density at radius 1 is 1.04 bits per heavy atom. The molecule has 24 heavy (non-hydrogen) atoms. The maximum absolute atomic E-state index is 12.5. The van der Waals surface area contributed by atoms with Crippen LogP contribution in [0.2, 0.25) is 0 Å². The molecular weight excluding hydrogens is 304 g/mol. The summed E-state index contributed by atoms with van der Waals surface area (Å²) >= 11 is 0. The minimum absolute atomic E-state index is 0.0504. The Hall–Kier alpha value is -2.53. The summed E-state index contributed by atoms with van der Waals surface area (Å²) in [7, 11) is 0. The van der Waals surface area contributed by atoms with Crippen LogP contribution in [0.15, 0.2) is 54.6 Å². The second-order valence-electron chi connectivity index (χ2n) is 6.17. The van der Waals surface area contributed by atoms with Crippen LogP contribution in [0, 0.1) is 16.0 Å². The number of ketones is 1. The van der Waals surface area contributed by atoms with Crippen LogP contribution in [-0.4, -0.2) is 28.7 Å². The van der Waals surface area contributed by atoms with Gasteiger partial charge in [0, 0.05) is 29.7 Å². The van der Waals surface area contributed by atoms with Crippen molar-refractivity contribution in [1.82, 2.24) is 4.90 Å². The minimum Gasteiger partial charge on any atom is -0.299 e. The molecule has 3 rings (SSSR count). The zero-order valence-corrected chi connectivity index (χ0v) is 13.4. The van der Waals surface area contributed by atoms with Gasteiger partial charge in [0.05, 0.1) is 4.92 Å². The number of piperidine rings is 1. The number of nitrogens with zero attached hydrogens (tertiary/aromatic N) is 2. The van der Waals surface area contributed by atoms with Crippen molar-refractivity contribution in [3.63, 3.8) is 0 Å². The quantitative estimate of drug-likeness (QED) is 0.478. The molecule has 0 aromatic heterocycles. The van der Waals surface area contributed by atoms with Crippen LogP contribution in [0.5, 0.6) is 0 Å². The van der Waals surface area contributed by atoms with Gasteiger partial charge in [-0.05, 0) is 25.9 Å². The summed E-state index contributed by atoms with van der Waals surface area (Å²) in [5.41, 5.74) is 1.67. The third-order valence-corrected chi connectivity index (χ3v) is 4.60. The Labute approximate surface area is 141 Å². The van der Waals surface area contributed by atoms with E-state index in [1.54, 1.807) is 18.2 Å². The molecule has 1 heterocycles. The lowest BCUT2D eigenvalue weighted by molar-refractivity contribution is -0.385. The Kier molecular flexibility index (Phi) is 5.01. The molecule has 0 radical (unpaired) electrons. The first-order valence-electron chi connectivity index (χ1n) is 8.19. The molecule has 0 aliphatic carbocycles. The highest BCUT2D eigenvalue weighted by atomic mass is 16.6. The van der Waals surface area contributed by atoms with E-state index in [4.69, 9.17) is 0 Å². The lowest BCUT2D eigenvalue weighted by Crippen LogP contribution is -2.36. The fourth-order valence-corrected chi connectivity index (χ4v) is 3.25. The number of carbonyl (C=O) groups excluding carboxylic acids is 1. The van der Waals surface area contributed by atoms with Crippen molar-refractivity contribution in [2.75, 3.05) is 13.1 Å². The van der Waals surface area contributed by atoms with E-state index in [1.807, 2.05) is 36.4 Å². The van der Waals surface area contributed by atoms with E-state index in [0.717, 1.165) is 37.1 Å². The van der Waals surface area contributed by atoms with Crippen molar-refractivity contribution in [3.05, 3.63) is 75.8 Å². The summed E-state index contributed by atoms with van der Waals surface area (Å²) in [6, 6.07) is 16.3. The fourth-order valence-electron chi connectivity index (χ4n) is 3.25. The van der Waals surface area contributed by atoms with Crippen LogP contribution in [0.25, 0.3) is 0 Å². The summed E-state index contributed by atoms with van der Waals surface area (Å²) < 4.78 is 0. The molecular formula is C19H20N2O3. The number of benzene rings is 2. The molecule has 5 heteroatoms. The summed E-state index contributed by atoms with van der Waals surface area (Å²) in [5.74, 6) is 0.260. The van der Waals surface area contributed by atoms with Gasteiger partial charge in [0.2, 0.25) is 0 Å². The number of hydrogen-bond acceptors (Lipinski definition) is 4. The number of Topliss-reactive ketones (excluding diaryl/α,β-unsaturated/α-hetero) is 1. The normalized spacial score (nSPS) is 16.0. The smallest absolute Gasteiger partial charge is 0.273 e. The Bertz CT molecular complexity index is 722. The topological polar surface area (TPSA) is 63.5 Å². The number of hydrogen-bond donors (Lipinski definition) is 0. The molecule has 2 aromatic rings. The second kappa shape index (κ2) is 7.36. The van der Waals surface area contributed by atoms with Gasteiger partial charge in [0.15, 0.2) is 5.78 Å². The van der Waals surface area contributed by atoms with E-state index in [0.29, 0.717) is 6.54 Å². The Morgan fingerprint density at radius 2 is 1.67 bits per heavy atom. The van der Waals surface area contributed by atoms with Crippen molar-refractivity contribution < 1.29 is 9.72 Å². The SMILES string of the molecule is O=C(c1ccccc1)C1CCN(Cc2ccccc2[N+](=O)[O-])CC1. The monoisotopic (exact) mass is 324 g/mol. The first-order chi connectivity index (χ1) is 11.6. The molecule has 1 fully saturated rings. The summed E-state index contributed by atoms with van der Waals surface area (Å²) in [6.45, 7) is 2.13. The zero-order valence-electron chi connectivity index (χ0n) is 13.4. The highest BCUT2D eigenvalue weighted by molar-refractivity contribution is 5.97. The van der Waals surface area contributed by atoms with Crippen molar-refractivity contribution in [1.29, 1.82) is 0 Å². The van der Waals surface area contributed by atoms with Gasteiger partial charge in [-0.25, -0.2) is 0 Å². The number of para-hydroxylation sites is 1. The maximum atomic E-state index is 12.5. The van der Waals surface area contributed by atoms with Crippen LogP contribution in [0.1, 0.15) is 28.8 Å². The number of likely N-dealkylation sites (tertiary alicyclic amines) is 1. The van der Waals surface area contributed by atoms with Crippen LogP contribution >= 0.6 is 0 Å². The van der Waals surface area contributed by atoms with Gasteiger partial charge < -0.3 is 0 Å². The number of carbonyl (C=O) groups is 1. The van der Waals surface area contributed by atoms with Gasteiger partial charge in [-0.3, -0.25) is 19.8 Å². The lowest BCUT2D eigenvalue weighted by atomic mass is 9.89. The van der Waals surface area contributed by atoms with Crippen LogP contribution in [0.3, 0.4) is 0 Å². The number of rotatable bonds is 5. The van der Waals surface area contributed by atoms with E-state index in [9.17, 15) is 14.9 Å². The first kappa shape index (κ1) is 16.3. The molecule has 5 nitrogen and oxygen atoms in total. The Morgan fingerprint density at radius 3 is 2.33 bits per heavy atom. The van der Waals surface area contributed by atoms with Crippen LogP contribution < -0.4 is 0 Å². The van der Waals surface area contributed by atoms with E-state index in [2.05, 4.69) is 4.90 Å². The summed E-state index contributed by atoms with van der Waals surface area (Å²) in [6.07, 6.45) is 1.60. The molecule has 1 aliphatic rings. The third-order valence-electron chi connectivity index (χ3n) is 4.60. The summed E-state index contributed by atoms with van der Waals surface area (Å²) in [5, 5.41) is 11.1. The molecule has 124 valence electrons. The predicted octanol–water partition coefficient (Wildman–Crippen LogP) is 3.69. The highest BCUT2D eigenvalue weighted by Crippen LogP contribution is 2.25. The average molecular weight is 324 g/mol. The molecule has 0 unspecified atom stereocenters. The molecule has 0 spiro atoms. The molecule has 0 amide bonds. The maximum Gasteiger partial charge on any atom is 0.273 e. The van der Waals surface area contributed by atoms with Crippen LogP contribution in [-0.2, 0) is 6.54 Å². The largest absolute Gasteiger partial charge is 0.299 e. The van der Waals surface area contributed by atoms with Gasteiger partial charge >= 0.3 is 0 Å². The molecule has 0 N–H and O–H groups in total. The van der Waals surface area contributed by atoms with Gasteiger partial charge in [0.25, 0.3) is 5.69 Å². The minimum atomic E-state index is -0.332. The average Bonchev–Trinajstić information content (AvgIpc) is 2.63. The van der Waals surface area contributed by atoms with Crippen molar-refractivity contribution >= 4 is 11.5 Å². The molecule has 2 aromatic carbocycles. The molecule has 0 saturated carbocycles.